The fraction of sp³-hybridized carbons (Fsp3) is 0.700. The Bertz CT molecular complexity index is 279. The van der Waals surface area contributed by atoms with Gasteiger partial charge in [0.15, 0.2) is 5.76 Å². The van der Waals surface area contributed by atoms with Crippen molar-refractivity contribution in [2.45, 2.75) is 32.4 Å². The van der Waals surface area contributed by atoms with Crippen molar-refractivity contribution < 1.29 is 9.26 Å². The molecule has 14 heavy (non-hydrogen) atoms. The van der Waals surface area contributed by atoms with Crippen molar-refractivity contribution in [1.29, 1.82) is 0 Å². The third-order valence-corrected chi connectivity index (χ3v) is 2.46. The number of rotatable bonds is 4. The summed E-state index contributed by atoms with van der Waals surface area (Å²) in [6.45, 7) is 4.50. The molecule has 4 heteroatoms. The van der Waals surface area contributed by atoms with Gasteiger partial charge in [0.2, 0.25) is 0 Å². The molecule has 0 aromatic carbocycles. The molecule has 2 rings (SSSR count). The molecule has 0 spiro atoms. The Morgan fingerprint density at radius 1 is 1.64 bits per heavy atom. The van der Waals surface area contributed by atoms with Crippen LogP contribution in [0.5, 0.6) is 0 Å². The minimum atomic E-state index is 0.477. The van der Waals surface area contributed by atoms with E-state index in [0.29, 0.717) is 6.04 Å². The van der Waals surface area contributed by atoms with Crippen LogP contribution in [0.3, 0.4) is 0 Å². The average molecular weight is 196 g/mol. The number of hydrogen-bond acceptors (Lipinski definition) is 4. The van der Waals surface area contributed by atoms with Gasteiger partial charge in [0.1, 0.15) is 0 Å². The molecule has 1 saturated heterocycles. The lowest BCUT2D eigenvalue weighted by Gasteiger charge is -2.07. The Morgan fingerprint density at radius 3 is 3.21 bits per heavy atom. The van der Waals surface area contributed by atoms with E-state index < -0.39 is 0 Å². The predicted molar refractivity (Wildman–Crippen MR) is 51.9 cm³/mol. The van der Waals surface area contributed by atoms with E-state index in [4.69, 9.17) is 9.26 Å². The number of nitrogens with zero attached hydrogens (tertiary/aromatic N) is 1. The van der Waals surface area contributed by atoms with Gasteiger partial charge in [-0.2, -0.15) is 0 Å². The molecule has 2 heterocycles. The lowest BCUT2D eigenvalue weighted by molar-refractivity contribution is 0.189. The summed E-state index contributed by atoms with van der Waals surface area (Å²) in [5.74, 6) is 0.911. The van der Waals surface area contributed by atoms with Crippen LogP contribution in [-0.4, -0.2) is 24.4 Å². The molecule has 1 aliphatic heterocycles. The Morgan fingerprint density at radius 2 is 2.57 bits per heavy atom. The van der Waals surface area contributed by atoms with Crippen molar-refractivity contribution in [1.82, 2.24) is 10.5 Å². The molecule has 1 N–H and O–H groups in total. The molecule has 0 bridgehead atoms. The van der Waals surface area contributed by atoms with E-state index in [1.54, 1.807) is 0 Å². The third-order valence-electron chi connectivity index (χ3n) is 2.46. The molecule has 1 aromatic heterocycles. The predicted octanol–water partition coefficient (Wildman–Crippen LogP) is 1.12. The Labute approximate surface area is 83.6 Å². The Kier molecular flexibility index (Phi) is 3.16. The smallest absolute Gasteiger partial charge is 0.150 e. The minimum absolute atomic E-state index is 0.477. The van der Waals surface area contributed by atoms with E-state index in [-0.39, 0.29) is 0 Å². The first-order valence-corrected chi connectivity index (χ1v) is 5.14. The maximum atomic E-state index is 5.26. The maximum Gasteiger partial charge on any atom is 0.150 e. The summed E-state index contributed by atoms with van der Waals surface area (Å²) in [6.07, 6.45) is 2.02. The van der Waals surface area contributed by atoms with Crippen molar-refractivity contribution in [2.24, 2.45) is 0 Å². The Hall–Kier alpha value is -0.870. The molecule has 1 fully saturated rings. The summed E-state index contributed by atoms with van der Waals surface area (Å²) in [5.41, 5.74) is 1.02. The van der Waals surface area contributed by atoms with Gasteiger partial charge in [-0.25, -0.2) is 0 Å². The highest BCUT2D eigenvalue weighted by Crippen LogP contribution is 2.07. The molecular weight excluding hydrogens is 180 g/mol. The van der Waals surface area contributed by atoms with E-state index in [1.807, 2.05) is 6.07 Å². The lowest BCUT2D eigenvalue weighted by atomic mass is 10.2. The molecule has 0 aliphatic carbocycles. The van der Waals surface area contributed by atoms with Crippen LogP contribution in [0.25, 0.3) is 0 Å². The number of aromatic nitrogens is 1. The molecule has 0 saturated carbocycles. The van der Waals surface area contributed by atoms with Gasteiger partial charge >= 0.3 is 0 Å². The summed E-state index contributed by atoms with van der Waals surface area (Å²) < 4.78 is 10.4. The second-order valence-electron chi connectivity index (χ2n) is 3.58. The van der Waals surface area contributed by atoms with E-state index >= 15 is 0 Å². The number of ether oxygens (including phenoxy) is 1. The first-order chi connectivity index (χ1) is 6.88. The van der Waals surface area contributed by atoms with Crippen LogP contribution < -0.4 is 5.32 Å². The molecule has 1 aliphatic rings. The molecule has 0 radical (unpaired) electrons. The summed E-state index contributed by atoms with van der Waals surface area (Å²) in [5, 5.41) is 7.31. The standard InChI is InChI=1S/C10H16N2O2/c1-2-8-5-10(14-12-8)6-11-9-3-4-13-7-9/h5,9,11H,2-4,6-7H2,1H3. The van der Waals surface area contributed by atoms with Gasteiger partial charge in [-0.1, -0.05) is 12.1 Å². The normalized spacial score (nSPS) is 21.6. The van der Waals surface area contributed by atoms with E-state index in [2.05, 4.69) is 17.4 Å². The highest BCUT2D eigenvalue weighted by atomic mass is 16.5. The number of aryl methyl sites for hydroxylation is 1. The van der Waals surface area contributed by atoms with Crippen LogP contribution >= 0.6 is 0 Å². The van der Waals surface area contributed by atoms with Crippen molar-refractivity contribution in [3.63, 3.8) is 0 Å². The topological polar surface area (TPSA) is 47.3 Å². The second-order valence-corrected chi connectivity index (χ2v) is 3.58. The highest BCUT2D eigenvalue weighted by Gasteiger charge is 2.15. The van der Waals surface area contributed by atoms with Gasteiger partial charge in [0.25, 0.3) is 0 Å². The largest absolute Gasteiger partial charge is 0.380 e. The molecular formula is C10H16N2O2. The van der Waals surface area contributed by atoms with Crippen LogP contribution in [0.4, 0.5) is 0 Å². The summed E-state index contributed by atoms with van der Waals surface area (Å²) in [7, 11) is 0. The van der Waals surface area contributed by atoms with Crippen LogP contribution in [-0.2, 0) is 17.7 Å². The SMILES string of the molecule is CCc1cc(CNC2CCOC2)on1. The van der Waals surface area contributed by atoms with Crippen LogP contribution in [0.2, 0.25) is 0 Å². The fourth-order valence-electron chi connectivity index (χ4n) is 1.55. The quantitative estimate of drug-likeness (QED) is 0.783. The summed E-state index contributed by atoms with van der Waals surface area (Å²) >= 11 is 0. The zero-order valence-electron chi connectivity index (χ0n) is 8.45. The van der Waals surface area contributed by atoms with Gasteiger partial charge in [-0.05, 0) is 12.8 Å². The van der Waals surface area contributed by atoms with Crippen LogP contribution in [0, 0.1) is 0 Å². The molecule has 1 atom stereocenters. The first-order valence-electron chi connectivity index (χ1n) is 5.14. The zero-order valence-corrected chi connectivity index (χ0v) is 8.45. The number of nitrogens with one attached hydrogen (secondary N) is 1. The van der Waals surface area contributed by atoms with Crippen molar-refractivity contribution >= 4 is 0 Å². The fourth-order valence-corrected chi connectivity index (χ4v) is 1.55. The average Bonchev–Trinajstić information content (AvgIpc) is 2.86. The van der Waals surface area contributed by atoms with E-state index in [9.17, 15) is 0 Å². The van der Waals surface area contributed by atoms with Gasteiger partial charge in [0.05, 0.1) is 18.8 Å². The Balaban J connectivity index is 1.79. The van der Waals surface area contributed by atoms with Gasteiger partial charge in [-0.15, -0.1) is 0 Å². The van der Waals surface area contributed by atoms with Crippen LogP contribution in [0.1, 0.15) is 24.8 Å². The summed E-state index contributed by atoms with van der Waals surface area (Å²) in [6, 6.07) is 2.48. The van der Waals surface area contributed by atoms with E-state index in [0.717, 1.165) is 44.1 Å². The minimum Gasteiger partial charge on any atom is -0.380 e. The molecule has 78 valence electrons. The van der Waals surface area contributed by atoms with Crippen molar-refractivity contribution in [2.75, 3.05) is 13.2 Å². The van der Waals surface area contributed by atoms with Crippen molar-refractivity contribution in [3.8, 4) is 0 Å². The monoisotopic (exact) mass is 196 g/mol. The van der Waals surface area contributed by atoms with Gasteiger partial charge in [0, 0.05) is 18.7 Å². The lowest BCUT2D eigenvalue weighted by Crippen LogP contribution is -2.28. The summed E-state index contributed by atoms with van der Waals surface area (Å²) in [4.78, 5) is 0. The van der Waals surface area contributed by atoms with Crippen LogP contribution in [0.15, 0.2) is 10.6 Å². The zero-order chi connectivity index (χ0) is 9.80. The maximum absolute atomic E-state index is 5.26. The molecule has 1 aromatic rings. The molecule has 1 unspecified atom stereocenters. The van der Waals surface area contributed by atoms with Gasteiger partial charge < -0.3 is 14.6 Å². The second kappa shape index (κ2) is 4.57. The molecule has 0 amide bonds. The van der Waals surface area contributed by atoms with Gasteiger partial charge in [-0.3, -0.25) is 0 Å². The molecule has 4 nitrogen and oxygen atoms in total. The third kappa shape index (κ3) is 2.33. The number of hydrogen-bond donors (Lipinski definition) is 1. The van der Waals surface area contributed by atoms with E-state index in [1.165, 1.54) is 0 Å². The highest BCUT2D eigenvalue weighted by molar-refractivity contribution is 5.04. The van der Waals surface area contributed by atoms with Crippen molar-refractivity contribution in [3.05, 3.63) is 17.5 Å². The first kappa shape index (κ1) is 9.68.